The number of hydrogen-bond donors (Lipinski definition) is 0. The number of halogens is 1. The first-order valence-corrected chi connectivity index (χ1v) is 8.27. The van der Waals surface area contributed by atoms with Crippen molar-refractivity contribution in [1.82, 2.24) is 4.57 Å². The van der Waals surface area contributed by atoms with Gasteiger partial charge in [0.2, 0.25) is 0 Å². The molecule has 112 valence electrons. The van der Waals surface area contributed by atoms with Gasteiger partial charge < -0.3 is 0 Å². The zero-order valence-electron chi connectivity index (χ0n) is 12.9. The summed E-state index contributed by atoms with van der Waals surface area (Å²) < 4.78 is 1.84. The van der Waals surface area contributed by atoms with E-state index in [0.29, 0.717) is 0 Å². The Morgan fingerprint density at radius 3 is 2.36 bits per heavy atom. The molecular formula is C19H18BrNO. The van der Waals surface area contributed by atoms with E-state index in [9.17, 15) is 4.79 Å². The van der Waals surface area contributed by atoms with Crippen molar-refractivity contribution in [1.29, 1.82) is 0 Å². The van der Waals surface area contributed by atoms with E-state index in [-0.39, 0.29) is 10.4 Å². The molecule has 0 saturated heterocycles. The molecule has 22 heavy (non-hydrogen) atoms. The summed E-state index contributed by atoms with van der Waals surface area (Å²) in [6.07, 6.45) is 0. The molecule has 0 fully saturated rings. The molecule has 0 saturated carbocycles. The van der Waals surface area contributed by atoms with E-state index in [0.717, 1.165) is 33.3 Å². The van der Waals surface area contributed by atoms with Crippen molar-refractivity contribution in [3.05, 3.63) is 75.7 Å². The third-order valence-electron chi connectivity index (χ3n) is 4.05. The van der Waals surface area contributed by atoms with E-state index in [1.54, 1.807) is 0 Å². The van der Waals surface area contributed by atoms with Crippen LogP contribution in [0.4, 0.5) is 0 Å². The Balaban J connectivity index is 2.50. The van der Waals surface area contributed by atoms with Crippen LogP contribution in [0.2, 0.25) is 0 Å². The van der Waals surface area contributed by atoms with Crippen LogP contribution in [-0.2, 0) is 0 Å². The Bertz CT molecular complexity index is 909. The van der Waals surface area contributed by atoms with E-state index in [1.807, 2.05) is 67.8 Å². The first-order valence-electron chi connectivity index (χ1n) is 7.36. The second kappa shape index (κ2) is 5.73. The van der Waals surface area contributed by atoms with Crippen molar-refractivity contribution in [2.45, 2.75) is 25.6 Å². The summed E-state index contributed by atoms with van der Waals surface area (Å²) in [7, 11) is 0. The minimum Gasteiger partial charge on any atom is -0.279 e. The number of nitrogens with zero attached hydrogens (tertiary/aromatic N) is 1. The largest absolute Gasteiger partial charge is 0.279 e. The van der Waals surface area contributed by atoms with Gasteiger partial charge in [-0.25, -0.2) is 0 Å². The number of para-hydroxylation sites is 1. The maximum absolute atomic E-state index is 13.2. The summed E-state index contributed by atoms with van der Waals surface area (Å²) in [5.41, 5.74) is 4.06. The first kappa shape index (κ1) is 15.0. The highest BCUT2D eigenvalue weighted by molar-refractivity contribution is 9.09. The van der Waals surface area contributed by atoms with Crippen molar-refractivity contribution >= 4 is 26.7 Å². The van der Waals surface area contributed by atoms with Crippen LogP contribution in [0, 0.1) is 13.8 Å². The summed E-state index contributed by atoms with van der Waals surface area (Å²) in [5, 5.41) is 1.79. The van der Waals surface area contributed by atoms with Gasteiger partial charge in [0, 0.05) is 5.69 Å². The standard InChI is InChI=1S/C19H18BrNO/c1-12-7-4-5-10-16(12)21-17(14(3)20)11-15-9-6-8-13(2)18(15)19(21)22/h4-11,14H,1-3H3. The van der Waals surface area contributed by atoms with E-state index >= 15 is 0 Å². The molecule has 0 amide bonds. The van der Waals surface area contributed by atoms with Crippen molar-refractivity contribution in [3.63, 3.8) is 0 Å². The second-order valence-corrected chi connectivity index (χ2v) is 7.02. The lowest BCUT2D eigenvalue weighted by molar-refractivity contribution is 0.877. The fourth-order valence-corrected chi connectivity index (χ4v) is 3.25. The molecule has 2 aromatic carbocycles. The van der Waals surface area contributed by atoms with Gasteiger partial charge in [0.25, 0.3) is 5.56 Å². The average Bonchev–Trinajstić information content (AvgIpc) is 2.48. The molecule has 0 spiro atoms. The third kappa shape index (κ3) is 2.40. The molecule has 1 heterocycles. The van der Waals surface area contributed by atoms with Gasteiger partial charge in [0.15, 0.2) is 0 Å². The van der Waals surface area contributed by atoms with Gasteiger partial charge >= 0.3 is 0 Å². The molecule has 0 radical (unpaired) electrons. The summed E-state index contributed by atoms with van der Waals surface area (Å²) in [6, 6.07) is 16.1. The normalized spacial score (nSPS) is 12.5. The smallest absolute Gasteiger partial charge is 0.263 e. The molecule has 3 aromatic rings. The molecule has 2 nitrogen and oxygen atoms in total. The maximum atomic E-state index is 13.2. The van der Waals surface area contributed by atoms with Gasteiger partial charge in [-0.15, -0.1) is 0 Å². The molecular weight excluding hydrogens is 338 g/mol. The van der Waals surface area contributed by atoms with Crippen LogP contribution in [0.15, 0.2) is 53.3 Å². The van der Waals surface area contributed by atoms with Gasteiger partial charge in [0.1, 0.15) is 0 Å². The van der Waals surface area contributed by atoms with Crippen LogP contribution < -0.4 is 5.56 Å². The SMILES string of the molecule is Cc1ccccc1-n1c(C(C)Br)cc2cccc(C)c2c1=O. The van der Waals surface area contributed by atoms with Gasteiger partial charge in [-0.1, -0.05) is 52.3 Å². The highest BCUT2D eigenvalue weighted by Gasteiger charge is 2.16. The van der Waals surface area contributed by atoms with Gasteiger partial charge in [0.05, 0.1) is 15.9 Å². The molecule has 0 aliphatic heterocycles. The summed E-state index contributed by atoms with van der Waals surface area (Å²) in [4.78, 5) is 13.3. The Morgan fingerprint density at radius 1 is 1.00 bits per heavy atom. The Hall–Kier alpha value is -1.87. The van der Waals surface area contributed by atoms with Crippen LogP contribution in [-0.4, -0.2) is 4.57 Å². The van der Waals surface area contributed by atoms with E-state index in [2.05, 4.69) is 22.0 Å². The molecule has 1 atom stereocenters. The monoisotopic (exact) mass is 355 g/mol. The Kier molecular flexibility index (Phi) is 3.92. The number of hydrogen-bond acceptors (Lipinski definition) is 1. The van der Waals surface area contributed by atoms with E-state index < -0.39 is 0 Å². The van der Waals surface area contributed by atoms with Crippen LogP contribution in [0.1, 0.15) is 28.6 Å². The summed E-state index contributed by atoms with van der Waals surface area (Å²) in [5.74, 6) is 0. The maximum Gasteiger partial charge on any atom is 0.263 e. The zero-order chi connectivity index (χ0) is 15.9. The van der Waals surface area contributed by atoms with Crippen LogP contribution in [0.3, 0.4) is 0 Å². The van der Waals surface area contributed by atoms with E-state index in [4.69, 9.17) is 0 Å². The van der Waals surface area contributed by atoms with Gasteiger partial charge in [-0.2, -0.15) is 0 Å². The van der Waals surface area contributed by atoms with Crippen LogP contribution in [0.5, 0.6) is 0 Å². The number of pyridine rings is 1. The van der Waals surface area contributed by atoms with Crippen LogP contribution in [0.25, 0.3) is 16.5 Å². The lowest BCUT2D eigenvalue weighted by Crippen LogP contribution is -2.23. The molecule has 0 bridgehead atoms. The minimum atomic E-state index is 0.0474. The minimum absolute atomic E-state index is 0.0474. The highest BCUT2D eigenvalue weighted by atomic mass is 79.9. The predicted molar refractivity (Wildman–Crippen MR) is 96.4 cm³/mol. The topological polar surface area (TPSA) is 22.0 Å². The summed E-state index contributed by atoms with van der Waals surface area (Å²) >= 11 is 3.63. The van der Waals surface area contributed by atoms with Crippen molar-refractivity contribution < 1.29 is 0 Å². The first-order chi connectivity index (χ1) is 10.5. The van der Waals surface area contributed by atoms with Crippen molar-refractivity contribution in [3.8, 4) is 5.69 Å². The number of aromatic nitrogens is 1. The number of fused-ring (bicyclic) bond motifs is 1. The molecule has 0 N–H and O–H groups in total. The lowest BCUT2D eigenvalue weighted by atomic mass is 10.0. The van der Waals surface area contributed by atoms with Crippen molar-refractivity contribution in [2.75, 3.05) is 0 Å². The molecule has 1 aromatic heterocycles. The Labute approximate surface area is 138 Å². The lowest BCUT2D eigenvalue weighted by Gasteiger charge is -2.18. The van der Waals surface area contributed by atoms with Gasteiger partial charge in [-0.05, 0) is 49.4 Å². The Morgan fingerprint density at radius 2 is 1.68 bits per heavy atom. The summed E-state index contributed by atoms with van der Waals surface area (Å²) in [6.45, 7) is 6.07. The van der Waals surface area contributed by atoms with E-state index in [1.165, 1.54) is 0 Å². The molecule has 3 rings (SSSR count). The molecule has 0 aliphatic carbocycles. The number of alkyl halides is 1. The third-order valence-corrected chi connectivity index (χ3v) is 4.52. The fourth-order valence-electron chi connectivity index (χ4n) is 2.91. The quantitative estimate of drug-likeness (QED) is 0.588. The molecule has 1 unspecified atom stereocenters. The number of rotatable bonds is 2. The molecule has 0 aliphatic rings. The predicted octanol–water partition coefficient (Wildman–Crippen LogP) is 5.06. The second-order valence-electron chi connectivity index (χ2n) is 5.65. The van der Waals surface area contributed by atoms with Gasteiger partial charge in [-0.3, -0.25) is 9.36 Å². The number of benzene rings is 2. The molecule has 3 heteroatoms. The zero-order valence-corrected chi connectivity index (χ0v) is 14.5. The van der Waals surface area contributed by atoms with Crippen LogP contribution >= 0.6 is 15.9 Å². The number of aryl methyl sites for hydroxylation is 2. The highest BCUT2D eigenvalue weighted by Crippen LogP contribution is 2.28. The fraction of sp³-hybridized carbons (Fsp3) is 0.211. The van der Waals surface area contributed by atoms with Crippen molar-refractivity contribution in [2.24, 2.45) is 0 Å². The average molecular weight is 356 g/mol.